The summed E-state index contributed by atoms with van der Waals surface area (Å²) in [5, 5.41) is 6.38. The predicted molar refractivity (Wildman–Crippen MR) is 160 cm³/mol. The Morgan fingerprint density at radius 1 is 1.09 bits per heavy atom. The summed E-state index contributed by atoms with van der Waals surface area (Å²) in [7, 11) is 1.31. The van der Waals surface area contributed by atoms with E-state index in [-0.39, 0.29) is 29.0 Å². The van der Waals surface area contributed by atoms with Gasteiger partial charge in [0, 0.05) is 48.6 Å². The number of esters is 1. The van der Waals surface area contributed by atoms with E-state index in [4.69, 9.17) is 30.5 Å². The number of anilines is 2. The molecular formula is C32H28ClFN4O6. The molecule has 2 unspecified atom stereocenters. The van der Waals surface area contributed by atoms with Crippen LogP contribution in [-0.4, -0.2) is 48.2 Å². The predicted octanol–water partition coefficient (Wildman–Crippen LogP) is 5.75. The van der Waals surface area contributed by atoms with Crippen LogP contribution in [0.15, 0.2) is 67.0 Å². The molecule has 0 saturated carbocycles. The summed E-state index contributed by atoms with van der Waals surface area (Å²) >= 11 is 5.92. The van der Waals surface area contributed by atoms with Crippen LogP contribution in [0.2, 0.25) is 5.02 Å². The van der Waals surface area contributed by atoms with Crippen LogP contribution >= 0.6 is 11.6 Å². The number of fused-ring (bicyclic) bond motifs is 1. The smallest absolute Gasteiger partial charge is 0.337 e. The summed E-state index contributed by atoms with van der Waals surface area (Å²) in [6.45, 7) is 2.88. The first-order valence-electron chi connectivity index (χ1n) is 13.9. The second kappa shape index (κ2) is 12.1. The average Bonchev–Trinajstić information content (AvgIpc) is 3.34. The highest BCUT2D eigenvalue weighted by Crippen LogP contribution is 2.49. The number of hydrogen-bond acceptors (Lipinski definition) is 9. The first kappa shape index (κ1) is 29.3. The van der Waals surface area contributed by atoms with E-state index in [9.17, 15) is 14.0 Å². The number of rotatable bonds is 9. The minimum absolute atomic E-state index is 0.0717. The Kier molecular flexibility index (Phi) is 8.07. The molecule has 12 heteroatoms. The molecule has 1 aromatic heterocycles. The molecule has 2 N–H and O–H groups in total. The van der Waals surface area contributed by atoms with Gasteiger partial charge in [0.15, 0.2) is 11.5 Å². The largest absolute Gasteiger partial charge is 0.465 e. The monoisotopic (exact) mass is 618 g/mol. The Labute approximate surface area is 257 Å². The molecular weight excluding hydrogens is 591 g/mol. The highest BCUT2D eigenvalue weighted by molar-refractivity contribution is 6.30. The van der Waals surface area contributed by atoms with E-state index >= 15 is 0 Å². The second-order valence-corrected chi connectivity index (χ2v) is 10.9. The number of carbonyl (C=O) groups is 2. The standard InChI is InChI=1S/C32H28ClFN4O6/c1-32(23-8-7-20(33)13-24(23)34)43-27-5-3-4-22(30(27)44-32)19-15-36-28(37-16-19)14-29(39)38-25-9-6-18(31(40)41-2)12-26(25)35-17-21-10-11-42-21/h3-9,12-13,15-16,21,35H,10-11,14,17H2,1-2H3,(H,38,39). The summed E-state index contributed by atoms with van der Waals surface area (Å²) in [4.78, 5) is 33.8. The van der Waals surface area contributed by atoms with E-state index in [2.05, 4.69) is 20.6 Å². The summed E-state index contributed by atoms with van der Waals surface area (Å²) in [5.41, 5.74) is 2.89. The molecule has 6 rings (SSSR count). The normalized spacial score (nSPS) is 18.3. The minimum Gasteiger partial charge on any atom is -0.465 e. The van der Waals surface area contributed by atoms with E-state index in [1.54, 1.807) is 55.7 Å². The third-order valence-electron chi connectivity index (χ3n) is 7.36. The maximum atomic E-state index is 14.7. The van der Waals surface area contributed by atoms with Crippen molar-refractivity contribution >= 4 is 34.9 Å². The molecule has 2 aliphatic rings. The number of halogens is 2. The molecule has 3 aromatic carbocycles. The third kappa shape index (κ3) is 6.01. The van der Waals surface area contributed by atoms with E-state index in [0.29, 0.717) is 58.5 Å². The Hall–Kier alpha value is -4.74. The molecule has 0 bridgehead atoms. The van der Waals surface area contributed by atoms with Crippen molar-refractivity contribution in [2.45, 2.75) is 31.7 Å². The molecule has 1 amide bonds. The molecule has 4 aromatic rings. The number of nitrogens with zero attached hydrogens (tertiary/aromatic N) is 2. The molecule has 1 saturated heterocycles. The lowest BCUT2D eigenvalue weighted by molar-refractivity contribution is -0.115. The zero-order valence-corrected chi connectivity index (χ0v) is 24.6. The first-order valence-corrected chi connectivity index (χ1v) is 14.3. The van der Waals surface area contributed by atoms with E-state index < -0.39 is 17.6 Å². The van der Waals surface area contributed by atoms with Crippen LogP contribution in [0.4, 0.5) is 15.8 Å². The summed E-state index contributed by atoms with van der Waals surface area (Å²) in [6, 6.07) is 14.5. The zero-order valence-electron chi connectivity index (χ0n) is 23.9. The molecule has 2 atom stereocenters. The Balaban J connectivity index is 1.15. The van der Waals surface area contributed by atoms with Crippen molar-refractivity contribution in [3.05, 3.63) is 94.8 Å². The van der Waals surface area contributed by atoms with Gasteiger partial charge >= 0.3 is 5.97 Å². The number of nitrogens with one attached hydrogen (secondary N) is 2. The van der Waals surface area contributed by atoms with E-state index in [1.807, 2.05) is 6.07 Å². The number of para-hydroxylation sites is 1. The number of amides is 1. The highest BCUT2D eigenvalue weighted by Gasteiger charge is 2.42. The van der Waals surface area contributed by atoms with Crippen molar-refractivity contribution in [2.24, 2.45) is 0 Å². The van der Waals surface area contributed by atoms with Crippen molar-refractivity contribution in [1.29, 1.82) is 0 Å². The van der Waals surface area contributed by atoms with Crippen molar-refractivity contribution in [1.82, 2.24) is 9.97 Å². The Morgan fingerprint density at radius 2 is 1.89 bits per heavy atom. The van der Waals surface area contributed by atoms with Crippen LogP contribution in [-0.2, 0) is 26.5 Å². The minimum atomic E-state index is -1.40. The molecule has 3 heterocycles. The Bertz CT molecular complexity index is 1730. The van der Waals surface area contributed by atoms with Gasteiger partial charge in [-0.1, -0.05) is 23.7 Å². The molecule has 226 valence electrons. The number of hydrogen-bond donors (Lipinski definition) is 2. The fraction of sp³-hybridized carbons (Fsp3) is 0.250. The lowest BCUT2D eigenvalue weighted by Crippen LogP contribution is -2.33. The highest BCUT2D eigenvalue weighted by atomic mass is 35.5. The van der Waals surface area contributed by atoms with Gasteiger partial charge in [-0.25, -0.2) is 19.2 Å². The van der Waals surface area contributed by atoms with Crippen LogP contribution in [0.25, 0.3) is 11.1 Å². The fourth-order valence-electron chi connectivity index (χ4n) is 4.96. The maximum Gasteiger partial charge on any atom is 0.337 e. The Morgan fingerprint density at radius 3 is 2.59 bits per heavy atom. The number of aromatic nitrogens is 2. The summed E-state index contributed by atoms with van der Waals surface area (Å²) in [6.07, 6.45) is 4.09. The number of benzene rings is 3. The van der Waals surface area contributed by atoms with Gasteiger partial charge in [-0.2, -0.15) is 0 Å². The van der Waals surface area contributed by atoms with Crippen molar-refractivity contribution in [3.63, 3.8) is 0 Å². The molecule has 2 aliphatic heterocycles. The fourth-order valence-corrected chi connectivity index (χ4v) is 5.12. The number of ether oxygens (including phenoxy) is 4. The van der Waals surface area contributed by atoms with Crippen LogP contribution in [0.5, 0.6) is 11.5 Å². The van der Waals surface area contributed by atoms with Gasteiger partial charge < -0.3 is 29.6 Å². The molecule has 0 radical (unpaired) electrons. The van der Waals surface area contributed by atoms with Gasteiger partial charge in [0.2, 0.25) is 5.91 Å². The van der Waals surface area contributed by atoms with Crippen LogP contribution in [0.1, 0.15) is 35.1 Å². The molecule has 0 aliphatic carbocycles. The van der Waals surface area contributed by atoms with Gasteiger partial charge in [-0.05, 0) is 48.9 Å². The molecule has 1 fully saturated rings. The lowest BCUT2D eigenvalue weighted by Gasteiger charge is -2.27. The zero-order chi connectivity index (χ0) is 30.8. The second-order valence-electron chi connectivity index (χ2n) is 10.4. The van der Waals surface area contributed by atoms with Crippen molar-refractivity contribution < 1.29 is 32.9 Å². The van der Waals surface area contributed by atoms with Gasteiger partial charge in [-0.15, -0.1) is 0 Å². The lowest BCUT2D eigenvalue weighted by atomic mass is 10.1. The third-order valence-corrected chi connectivity index (χ3v) is 7.60. The van der Waals surface area contributed by atoms with Gasteiger partial charge in [0.05, 0.1) is 42.1 Å². The number of methoxy groups -OCH3 is 1. The van der Waals surface area contributed by atoms with Crippen LogP contribution in [0, 0.1) is 5.82 Å². The number of carbonyl (C=O) groups excluding carboxylic acids is 2. The quantitative estimate of drug-likeness (QED) is 0.226. The molecule has 10 nitrogen and oxygen atoms in total. The van der Waals surface area contributed by atoms with E-state index in [1.165, 1.54) is 19.2 Å². The summed E-state index contributed by atoms with van der Waals surface area (Å²) in [5.74, 6) is -1.62. The molecule has 0 spiro atoms. The SMILES string of the molecule is COC(=O)c1ccc(NC(=O)Cc2ncc(-c3cccc4c3OC(C)(c3ccc(Cl)cc3F)O4)cn2)c(NCC2CCO2)c1. The van der Waals surface area contributed by atoms with Gasteiger partial charge in [0.25, 0.3) is 5.79 Å². The topological polar surface area (TPSA) is 121 Å². The first-order chi connectivity index (χ1) is 21.2. The summed E-state index contributed by atoms with van der Waals surface area (Å²) < 4.78 is 37.2. The van der Waals surface area contributed by atoms with Crippen LogP contribution in [0.3, 0.4) is 0 Å². The van der Waals surface area contributed by atoms with E-state index in [0.717, 1.165) is 6.42 Å². The average molecular weight is 619 g/mol. The maximum absolute atomic E-state index is 14.7. The van der Waals surface area contributed by atoms with Gasteiger partial charge in [-0.3, -0.25) is 4.79 Å². The van der Waals surface area contributed by atoms with Gasteiger partial charge in [0.1, 0.15) is 11.6 Å². The molecule has 44 heavy (non-hydrogen) atoms. The van der Waals surface area contributed by atoms with Crippen molar-refractivity contribution in [2.75, 3.05) is 30.9 Å². The van der Waals surface area contributed by atoms with Crippen LogP contribution < -0.4 is 20.1 Å². The van der Waals surface area contributed by atoms with Crippen molar-refractivity contribution in [3.8, 4) is 22.6 Å².